The van der Waals surface area contributed by atoms with Crippen molar-refractivity contribution in [1.29, 1.82) is 0 Å². The lowest BCUT2D eigenvalue weighted by molar-refractivity contribution is -0.120. The molecule has 19 heteroatoms. The van der Waals surface area contributed by atoms with E-state index in [0.717, 1.165) is 90.7 Å². The molecule has 3 saturated heterocycles. The van der Waals surface area contributed by atoms with E-state index in [0.29, 0.717) is 48.5 Å². The first kappa shape index (κ1) is 37.1. The van der Waals surface area contributed by atoms with Crippen LogP contribution in [0, 0.1) is 0 Å². The Morgan fingerprint density at radius 3 is 2.47 bits per heavy atom. The maximum atomic E-state index is 12.6. The lowest BCUT2D eigenvalue weighted by Crippen LogP contribution is -2.53. The number of hydrogen-bond donors (Lipinski definition) is 2. The number of carbonyl (C=O) groups is 2. The van der Waals surface area contributed by atoms with Crippen LogP contribution >= 0.6 is 0 Å². The van der Waals surface area contributed by atoms with Crippen molar-refractivity contribution in [1.82, 2.24) is 54.0 Å². The van der Waals surface area contributed by atoms with E-state index in [4.69, 9.17) is 10.1 Å². The molecule has 298 valence electrons. The minimum Gasteiger partial charge on any atom is -0.354 e. The number of carbonyl (C=O) groups excluding carboxylic acids is 2. The van der Waals surface area contributed by atoms with Crippen molar-refractivity contribution in [3.05, 3.63) is 60.9 Å². The fraction of sp³-hybridized carbons (Fsp3) is 0.474. The predicted molar refractivity (Wildman–Crippen MR) is 214 cm³/mol. The second-order valence-electron chi connectivity index (χ2n) is 15.5. The number of aromatic nitrogens is 8. The fourth-order valence-corrected chi connectivity index (χ4v) is 9.52. The van der Waals surface area contributed by atoms with Gasteiger partial charge in [-0.3, -0.25) is 34.5 Å². The topological polar surface area (TPSA) is 192 Å². The monoisotopic (exact) mass is 794 g/mol. The van der Waals surface area contributed by atoms with Gasteiger partial charge in [-0.2, -0.15) is 14.3 Å². The van der Waals surface area contributed by atoms with Gasteiger partial charge in [-0.1, -0.05) is 0 Å². The number of amides is 3. The van der Waals surface area contributed by atoms with E-state index in [1.165, 1.54) is 12.4 Å². The van der Waals surface area contributed by atoms with E-state index in [1.807, 2.05) is 23.0 Å². The summed E-state index contributed by atoms with van der Waals surface area (Å²) < 4.78 is 28.4. The van der Waals surface area contributed by atoms with E-state index < -0.39 is 10.0 Å². The zero-order valence-corrected chi connectivity index (χ0v) is 32.8. The molecule has 0 unspecified atom stereocenters. The van der Waals surface area contributed by atoms with Crippen molar-refractivity contribution < 1.29 is 18.0 Å². The number of anilines is 4. The highest BCUT2D eigenvalue weighted by molar-refractivity contribution is 7.90. The van der Waals surface area contributed by atoms with Gasteiger partial charge in [0.1, 0.15) is 11.6 Å². The Balaban J connectivity index is 0.825. The summed E-state index contributed by atoms with van der Waals surface area (Å²) in [6.45, 7) is 11.0. The molecule has 4 aliphatic rings. The molecule has 0 radical (unpaired) electrons. The summed E-state index contributed by atoms with van der Waals surface area (Å²) in [7, 11) is -3.48. The van der Waals surface area contributed by atoms with E-state index in [-0.39, 0.29) is 29.7 Å². The molecule has 3 amide bonds. The highest BCUT2D eigenvalue weighted by Crippen LogP contribution is 2.34. The number of urea groups is 1. The first-order chi connectivity index (χ1) is 27.6. The van der Waals surface area contributed by atoms with Crippen molar-refractivity contribution in [2.75, 3.05) is 60.9 Å². The van der Waals surface area contributed by atoms with Crippen molar-refractivity contribution in [2.24, 2.45) is 0 Å². The van der Waals surface area contributed by atoms with E-state index >= 15 is 0 Å². The third kappa shape index (κ3) is 7.53. The number of nitrogens with one attached hydrogen (secondary N) is 2. The van der Waals surface area contributed by atoms with Crippen LogP contribution in [0.1, 0.15) is 57.6 Å². The van der Waals surface area contributed by atoms with Crippen LogP contribution in [-0.4, -0.2) is 126 Å². The molecule has 57 heavy (non-hydrogen) atoms. The number of rotatable bonds is 11. The molecular formula is C38H46N14O4S. The number of imide groups is 1. The molecular weight excluding hydrogens is 749 g/mol. The Kier molecular flexibility index (Phi) is 9.81. The molecule has 9 rings (SSSR count). The molecule has 18 nitrogen and oxygen atoms in total. The number of piperazine rings is 1. The molecule has 8 heterocycles. The Labute approximate surface area is 330 Å². The third-order valence-electron chi connectivity index (χ3n) is 11.3. The van der Waals surface area contributed by atoms with Gasteiger partial charge in [-0.15, -0.1) is 0 Å². The van der Waals surface area contributed by atoms with E-state index in [9.17, 15) is 18.0 Å². The second-order valence-corrected chi connectivity index (χ2v) is 17.5. The number of piperidine rings is 1. The van der Waals surface area contributed by atoms with Gasteiger partial charge in [0.2, 0.25) is 5.91 Å². The number of nitrogens with zero attached hydrogens (tertiary/aromatic N) is 12. The van der Waals surface area contributed by atoms with Crippen LogP contribution in [0.4, 0.5) is 27.9 Å². The molecule has 5 aromatic heterocycles. The molecule has 4 fully saturated rings. The van der Waals surface area contributed by atoms with E-state index in [2.05, 4.69) is 59.2 Å². The maximum Gasteiger partial charge on any atom is 0.328 e. The van der Waals surface area contributed by atoms with E-state index in [1.54, 1.807) is 29.6 Å². The number of fused-ring (bicyclic) bond motifs is 1. The van der Waals surface area contributed by atoms with Crippen molar-refractivity contribution in [3.63, 3.8) is 0 Å². The van der Waals surface area contributed by atoms with Gasteiger partial charge in [-0.25, -0.2) is 28.2 Å². The molecule has 2 N–H and O–H groups in total. The SMILES string of the molecule is CC(C)n1nc(N2CCC(N3CCN(Cc4ccncc4N4CCC(=O)NC4=O)CC3)CC2)c2cnc(Nc3ccnc(-c4cnn(S(=O)(=O)C5CC5)c4)n3)cc21. The molecule has 5 aromatic rings. The van der Waals surface area contributed by atoms with Crippen LogP contribution in [0.25, 0.3) is 22.3 Å². The van der Waals surface area contributed by atoms with Crippen LogP contribution in [-0.2, 0) is 21.4 Å². The van der Waals surface area contributed by atoms with Gasteiger partial charge in [0.05, 0.1) is 46.0 Å². The summed E-state index contributed by atoms with van der Waals surface area (Å²) in [5.41, 5.74) is 3.29. The summed E-state index contributed by atoms with van der Waals surface area (Å²) in [6.07, 6.45) is 13.6. The Morgan fingerprint density at radius 2 is 1.72 bits per heavy atom. The molecule has 0 atom stereocenters. The average molecular weight is 795 g/mol. The van der Waals surface area contributed by atoms with Gasteiger partial charge in [-0.05, 0) is 57.2 Å². The van der Waals surface area contributed by atoms with Crippen molar-refractivity contribution in [2.45, 2.75) is 69.8 Å². The average Bonchev–Trinajstić information content (AvgIpc) is 3.84. The second kappa shape index (κ2) is 15.1. The maximum absolute atomic E-state index is 12.6. The zero-order valence-electron chi connectivity index (χ0n) is 32.0. The molecule has 0 spiro atoms. The Morgan fingerprint density at radius 1 is 0.912 bits per heavy atom. The molecule has 1 aliphatic carbocycles. The van der Waals surface area contributed by atoms with Gasteiger partial charge in [0, 0.05) is 95.5 Å². The zero-order chi connectivity index (χ0) is 39.3. The largest absolute Gasteiger partial charge is 0.354 e. The molecule has 3 aliphatic heterocycles. The smallest absolute Gasteiger partial charge is 0.328 e. The van der Waals surface area contributed by atoms with Gasteiger partial charge in [0.15, 0.2) is 11.6 Å². The van der Waals surface area contributed by atoms with Crippen molar-refractivity contribution in [3.8, 4) is 11.4 Å². The summed E-state index contributed by atoms with van der Waals surface area (Å²) >= 11 is 0. The Hall–Kier alpha value is -5.53. The minimum atomic E-state index is -3.48. The minimum absolute atomic E-state index is 0.129. The van der Waals surface area contributed by atoms with Crippen LogP contribution in [0.2, 0.25) is 0 Å². The number of hydrogen-bond acceptors (Lipinski definition) is 14. The van der Waals surface area contributed by atoms with Crippen LogP contribution in [0.3, 0.4) is 0 Å². The summed E-state index contributed by atoms with van der Waals surface area (Å²) in [5, 5.41) is 15.5. The molecule has 1 saturated carbocycles. The van der Waals surface area contributed by atoms with Gasteiger partial charge < -0.3 is 10.2 Å². The Bertz CT molecular complexity index is 2410. The van der Waals surface area contributed by atoms with Crippen LogP contribution in [0.15, 0.2) is 55.4 Å². The third-order valence-corrected chi connectivity index (χ3v) is 13.3. The standard InChI is InChI=1S/C38H46N14O4S/c1-25(2)52-31-19-34(43-33-6-11-40-36(44-33)27-20-42-51(24-27)57(55,56)29-3-4-29)41-21-30(31)37(46-52)49-12-7-28(8-13-49)48-17-15-47(16-18-48)23-26-5-10-39-22-32(26)50-14-9-35(53)45-38(50)54/h5-6,10-11,19-22,24-25,28-29H,3-4,7-9,12-18,23H2,1-2H3,(H,45,53,54)(H,40,41,43,44). The highest BCUT2D eigenvalue weighted by atomic mass is 32.2. The first-order valence-electron chi connectivity index (χ1n) is 19.6. The highest BCUT2D eigenvalue weighted by Gasteiger charge is 2.38. The summed E-state index contributed by atoms with van der Waals surface area (Å²) in [5.74, 6) is 2.20. The lowest BCUT2D eigenvalue weighted by Gasteiger charge is -2.43. The predicted octanol–water partition coefficient (Wildman–Crippen LogP) is 3.38. The lowest BCUT2D eigenvalue weighted by atomic mass is 10.0. The van der Waals surface area contributed by atoms with Gasteiger partial charge >= 0.3 is 6.03 Å². The summed E-state index contributed by atoms with van der Waals surface area (Å²) in [4.78, 5) is 51.3. The first-order valence-corrected chi connectivity index (χ1v) is 21.1. The molecule has 0 bridgehead atoms. The van der Waals surface area contributed by atoms with Gasteiger partial charge in [0.25, 0.3) is 10.0 Å². The van der Waals surface area contributed by atoms with Crippen LogP contribution in [0.5, 0.6) is 0 Å². The summed E-state index contributed by atoms with van der Waals surface area (Å²) in [6, 6.07) is 5.95. The molecule has 0 aromatic carbocycles. The fourth-order valence-electron chi connectivity index (χ4n) is 8.04. The quantitative estimate of drug-likeness (QED) is 0.198. The van der Waals surface area contributed by atoms with Crippen molar-refractivity contribution >= 4 is 56.0 Å². The van der Waals surface area contributed by atoms with Crippen LogP contribution < -0.4 is 20.4 Å². The normalized spacial score (nSPS) is 19.1. The number of pyridine rings is 2.